The van der Waals surface area contributed by atoms with E-state index in [9.17, 15) is 14.7 Å². The number of nitrogens with one attached hydrogen (secondary N) is 1. The molecular weight excluding hydrogens is 348 g/mol. The number of benzene rings is 2. The van der Waals surface area contributed by atoms with Crippen LogP contribution in [0.15, 0.2) is 52.4 Å². The Kier molecular flexibility index (Phi) is 5.16. The lowest BCUT2D eigenvalue weighted by molar-refractivity contribution is 0.0949. The smallest absolute Gasteiger partial charge is 0.292 e. The van der Waals surface area contributed by atoms with Crippen molar-refractivity contribution in [3.8, 4) is 11.5 Å². The Hall–Kier alpha value is -3.68. The number of hydrogen-bond donors (Lipinski definition) is 2. The van der Waals surface area contributed by atoms with Crippen LogP contribution in [0.3, 0.4) is 0 Å². The van der Waals surface area contributed by atoms with E-state index in [-0.39, 0.29) is 17.0 Å². The van der Waals surface area contributed by atoms with Crippen LogP contribution >= 0.6 is 0 Å². The van der Waals surface area contributed by atoms with Crippen LogP contribution in [0.2, 0.25) is 0 Å². The van der Waals surface area contributed by atoms with Gasteiger partial charge in [-0.15, -0.1) is 0 Å². The van der Waals surface area contributed by atoms with Crippen molar-refractivity contribution < 1.29 is 14.6 Å². The Morgan fingerprint density at radius 1 is 1.30 bits per heavy atom. The third-order valence-electron chi connectivity index (χ3n) is 3.99. The van der Waals surface area contributed by atoms with Gasteiger partial charge in [0.25, 0.3) is 11.5 Å². The Morgan fingerprint density at radius 3 is 2.74 bits per heavy atom. The molecule has 2 N–H and O–H groups in total. The van der Waals surface area contributed by atoms with Gasteiger partial charge in [0.1, 0.15) is 11.5 Å². The van der Waals surface area contributed by atoms with Crippen LogP contribution in [0.4, 0.5) is 0 Å². The van der Waals surface area contributed by atoms with E-state index in [4.69, 9.17) is 4.74 Å². The van der Waals surface area contributed by atoms with Crippen molar-refractivity contribution in [2.75, 3.05) is 7.11 Å². The maximum Gasteiger partial charge on any atom is 0.292 e. The van der Waals surface area contributed by atoms with E-state index < -0.39 is 5.91 Å². The first-order chi connectivity index (χ1) is 13.0. The average molecular weight is 366 g/mol. The number of amides is 1. The molecule has 3 aromatic rings. The predicted octanol–water partition coefficient (Wildman–Crippen LogP) is 1.89. The van der Waals surface area contributed by atoms with Gasteiger partial charge in [-0.2, -0.15) is 10.2 Å². The van der Waals surface area contributed by atoms with Gasteiger partial charge in [0.05, 0.1) is 18.7 Å². The van der Waals surface area contributed by atoms with Crippen LogP contribution in [0.1, 0.15) is 23.0 Å². The third-order valence-corrected chi connectivity index (χ3v) is 3.99. The molecule has 0 radical (unpaired) electrons. The van der Waals surface area contributed by atoms with Gasteiger partial charge in [-0.25, -0.2) is 10.1 Å². The second-order valence-corrected chi connectivity index (χ2v) is 5.64. The highest BCUT2D eigenvalue weighted by atomic mass is 16.5. The lowest BCUT2D eigenvalue weighted by atomic mass is 10.1. The van der Waals surface area contributed by atoms with E-state index in [1.54, 1.807) is 43.3 Å². The van der Waals surface area contributed by atoms with E-state index in [2.05, 4.69) is 15.6 Å². The number of methoxy groups -OCH3 is 1. The van der Waals surface area contributed by atoms with Crippen LogP contribution in [0.5, 0.6) is 11.5 Å². The number of hydrazone groups is 1. The zero-order valence-electron chi connectivity index (χ0n) is 14.8. The Labute approximate surface area is 154 Å². The lowest BCUT2D eigenvalue weighted by Gasteiger charge is -2.08. The number of hydrogen-bond acceptors (Lipinski definition) is 6. The molecule has 8 heteroatoms. The molecular formula is C19H18N4O4. The van der Waals surface area contributed by atoms with E-state index in [0.717, 1.165) is 0 Å². The molecule has 0 saturated heterocycles. The highest BCUT2D eigenvalue weighted by molar-refractivity contribution is 6.05. The van der Waals surface area contributed by atoms with Crippen molar-refractivity contribution in [1.29, 1.82) is 0 Å². The molecule has 1 heterocycles. The van der Waals surface area contributed by atoms with E-state index in [1.807, 2.05) is 0 Å². The first-order valence-corrected chi connectivity index (χ1v) is 8.25. The molecule has 0 bridgehead atoms. The van der Waals surface area contributed by atoms with Crippen LogP contribution in [0, 0.1) is 0 Å². The summed E-state index contributed by atoms with van der Waals surface area (Å²) in [6.45, 7) is 2.11. The minimum absolute atomic E-state index is 0.00286. The van der Waals surface area contributed by atoms with Crippen molar-refractivity contribution in [3.05, 3.63) is 64.1 Å². The summed E-state index contributed by atoms with van der Waals surface area (Å²) < 4.78 is 6.32. The quantitative estimate of drug-likeness (QED) is 0.530. The molecule has 0 spiro atoms. The predicted molar refractivity (Wildman–Crippen MR) is 101 cm³/mol. The summed E-state index contributed by atoms with van der Waals surface area (Å²) in [7, 11) is 1.51. The number of fused-ring (bicyclic) bond motifs is 1. The summed E-state index contributed by atoms with van der Waals surface area (Å²) in [4.78, 5) is 24.9. The normalized spacial score (nSPS) is 11.0. The van der Waals surface area contributed by atoms with Crippen LogP contribution in [0.25, 0.3) is 10.8 Å². The monoisotopic (exact) mass is 366 g/mol. The van der Waals surface area contributed by atoms with Gasteiger partial charge in [0.2, 0.25) is 0 Å². The first kappa shape index (κ1) is 18.1. The number of aryl methyl sites for hydroxylation is 1. The SMILES string of the molecule is CCn1nc(C(=O)N/N=C/c2cc(OC)ccc2O)c2ccccc2c1=O. The van der Waals surface area contributed by atoms with Crippen molar-refractivity contribution >= 4 is 22.9 Å². The molecule has 1 amide bonds. The number of carbonyl (C=O) groups excluding carboxylic acids is 1. The number of phenolic OH excluding ortho intramolecular Hbond substituents is 1. The summed E-state index contributed by atoms with van der Waals surface area (Å²) >= 11 is 0. The molecule has 0 fully saturated rings. The molecule has 0 unspecified atom stereocenters. The second kappa shape index (κ2) is 7.69. The number of aromatic hydroxyl groups is 1. The zero-order chi connectivity index (χ0) is 19.4. The lowest BCUT2D eigenvalue weighted by Crippen LogP contribution is -2.28. The Bertz CT molecular complexity index is 1090. The molecule has 27 heavy (non-hydrogen) atoms. The maximum absolute atomic E-state index is 12.5. The van der Waals surface area contributed by atoms with Gasteiger partial charge in [-0.3, -0.25) is 9.59 Å². The number of aromatic nitrogens is 2. The fourth-order valence-electron chi connectivity index (χ4n) is 2.59. The van der Waals surface area contributed by atoms with E-state index in [0.29, 0.717) is 28.6 Å². The average Bonchev–Trinajstić information content (AvgIpc) is 2.69. The number of rotatable bonds is 5. The highest BCUT2D eigenvalue weighted by Gasteiger charge is 2.15. The topological polar surface area (TPSA) is 106 Å². The van der Waals surface area contributed by atoms with Gasteiger partial charge in [-0.05, 0) is 31.2 Å². The standard InChI is InChI=1S/C19H18N4O4/c1-3-23-19(26)15-7-5-4-6-14(15)17(22-23)18(25)21-20-11-12-10-13(27-2)8-9-16(12)24/h4-11,24H,3H2,1-2H3,(H,21,25)/b20-11+. The van der Waals surface area contributed by atoms with Crippen molar-refractivity contribution in [2.24, 2.45) is 5.10 Å². The summed E-state index contributed by atoms with van der Waals surface area (Å²) in [5.41, 5.74) is 2.60. The first-order valence-electron chi connectivity index (χ1n) is 8.25. The molecule has 0 saturated carbocycles. The Balaban J connectivity index is 1.91. The molecule has 3 rings (SSSR count). The molecule has 2 aromatic carbocycles. The minimum Gasteiger partial charge on any atom is -0.507 e. The van der Waals surface area contributed by atoms with Gasteiger partial charge in [0, 0.05) is 17.5 Å². The summed E-state index contributed by atoms with van der Waals surface area (Å²) in [6.07, 6.45) is 1.30. The van der Waals surface area contributed by atoms with Crippen molar-refractivity contribution in [1.82, 2.24) is 15.2 Å². The zero-order valence-corrected chi connectivity index (χ0v) is 14.8. The molecule has 138 valence electrons. The molecule has 8 nitrogen and oxygen atoms in total. The minimum atomic E-state index is -0.563. The van der Waals surface area contributed by atoms with Gasteiger partial charge < -0.3 is 9.84 Å². The number of phenols is 1. The van der Waals surface area contributed by atoms with Crippen molar-refractivity contribution in [2.45, 2.75) is 13.5 Å². The second-order valence-electron chi connectivity index (χ2n) is 5.64. The summed E-state index contributed by atoms with van der Waals surface area (Å²) in [5.74, 6) is -0.0211. The highest BCUT2D eigenvalue weighted by Crippen LogP contribution is 2.21. The van der Waals surface area contributed by atoms with Crippen LogP contribution in [-0.2, 0) is 6.54 Å². The van der Waals surface area contributed by atoms with Gasteiger partial charge in [-0.1, -0.05) is 18.2 Å². The number of nitrogens with zero attached hydrogens (tertiary/aromatic N) is 3. The fourth-order valence-corrected chi connectivity index (χ4v) is 2.59. The molecule has 1 aromatic heterocycles. The van der Waals surface area contributed by atoms with Gasteiger partial charge >= 0.3 is 0 Å². The van der Waals surface area contributed by atoms with E-state index in [1.165, 1.54) is 24.1 Å². The third kappa shape index (κ3) is 3.64. The summed E-state index contributed by atoms with van der Waals surface area (Å²) in [6, 6.07) is 11.4. The maximum atomic E-state index is 12.5. The molecule has 0 atom stereocenters. The number of ether oxygens (including phenoxy) is 1. The molecule has 0 aliphatic rings. The Morgan fingerprint density at radius 2 is 2.04 bits per heavy atom. The van der Waals surface area contributed by atoms with Crippen LogP contribution < -0.4 is 15.7 Å². The largest absolute Gasteiger partial charge is 0.507 e. The summed E-state index contributed by atoms with van der Waals surface area (Å²) in [5, 5.41) is 18.7. The number of carbonyl (C=O) groups is 1. The molecule has 0 aliphatic carbocycles. The fraction of sp³-hybridized carbons (Fsp3) is 0.158. The van der Waals surface area contributed by atoms with Crippen LogP contribution in [-0.4, -0.2) is 34.1 Å². The van der Waals surface area contributed by atoms with E-state index >= 15 is 0 Å². The van der Waals surface area contributed by atoms with Crippen molar-refractivity contribution in [3.63, 3.8) is 0 Å². The van der Waals surface area contributed by atoms with Gasteiger partial charge in [0.15, 0.2) is 5.69 Å². The molecule has 0 aliphatic heterocycles.